The van der Waals surface area contributed by atoms with Crippen molar-refractivity contribution < 1.29 is 23.6 Å². The highest BCUT2D eigenvalue weighted by Crippen LogP contribution is 2.39. The zero-order valence-electron chi connectivity index (χ0n) is 20.7. The van der Waals surface area contributed by atoms with E-state index in [4.69, 9.17) is 9.47 Å². The molecule has 0 unspecified atom stereocenters. The lowest BCUT2D eigenvalue weighted by molar-refractivity contribution is -0.385. The second-order valence-corrected chi connectivity index (χ2v) is 8.22. The lowest BCUT2D eigenvalue weighted by atomic mass is 10.1. The van der Waals surface area contributed by atoms with E-state index in [1.54, 1.807) is 12.1 Å². The zero-order chi connectivity index (χ0) is 27.1. The minimum Gasteiger partial charge on any atom is -0.488 e. The van der Waals surface area contributed by atoms with Crippen molar-refractivity contribution in [1.29, 1.82) is 0 Å². The molecule has 198 valence electrons. The molecule has 2 N–H and O–H groups in total. The average Bonchev–Trinajstić information content (AvgIpc) is 2.90. The molecule has 0 bridgehead atoms. The van der Waals surface area contributed by atoms with Crippen LogP contribution in [0.15, 0.2) is 41.5 Å². The number of nitrogens with zero attached hydrogens (tertiary/aromatic N) is 6. The van der Waals surface area contributed by atoms with Crippen LogP contribution in [0, 0.1) is 15.9 Å². The maximum Gasteiger partial charge on any atom is 0.323 e. The number of hydrazone groups is 1. The first kappa shape index (κ1) is 26.2. The number of esters is 1. The molecule has 0 amide bonds. The van der Waals surface area contributed by atoms with Crippen molar-refractivity contribution in [3.05, 3.63) is 57.9 Å². The fraction of sp³-hybridized carbons (Fsp3) is 0.292. The summed E-state index contributed by atoms with van der Waals surface area (Å²) in [5, 5.41) is 18.9. The third kappa shape index (κ3) is 6.46. The van der Waals surface area contributed by atoms with Gasteiger partial charge in [0.1, 0.15) is 5.82 Å². The molecule has 0 spiro atoms. The minimum absolute atomic E-state index is 0.0861. The summed E-state index contributed by atoms with van der Waals surface area (Å²) in [5.74, 6) is -0.589. The van der Waals surface area contributed by atoms with Gasteiger partial charge in [-0.25, -0.2) is 9.82 Å². The second kappa shape index (κ2) is 11.9. The summed E-state index contributed by atoms with van der Waals surface area (Å²) in [7, 11) is 1.23. The molecule has 1 aliphatic rings. The third-order valence-corrected chi connectivity index (χ3v) is 5.50. The van der Waals surface area contributed by atoms with Crippen LogP contribution in [0.4, 0.5) is 33.6 Å². The summed E-state index contributed by atoms with van der Waals surface area (Å²) in [5.41, 5.74) is 2.92. The summed E-state index contributed by atoms with van der Waals surface area (Å²) in [6.45, 7) is 2.74. The normalized spacial score (nSPS) is 13.3. The molecule has 2 aromatic carbocycles. The van der Waals surface area contributed by atoms with Gasteiger partial charge in [-0.15, -0.1) is 0 Å². The number of carbonyl (C=O) groups excluding carboxylic acids is 1. The second-order valence-electron chi connectivity index (χ2n) is 8.22. The van der Waals surface area contributed by atoms with Crippen LogP contribution in [0.2, 0.25) is 0 Å². The van der Waals surface area contributed by atoms with Gasteiger partial charge >= 0.3 is 11.7 Å². The fourth-order valence-corrected chi connectivity index (χ4v) is 3.82. The first-order valence-electron chi connectivity index (χ1n) is 11.7. The third-order valence-electron chi connectivity index (χ3n) is 5.50. The van der Waals surface area contributed by atoms with Gasteiger partial charge in [0, 0.05) is 25.7 Å². The lowest BCUT2D eigenvalue weighted by Gasteiger charge is -2.26. The van der Waals surface area contributed by atoms with Crippen LogP contribution in [0.25, 0.3) is 0 Å². The molecule has 0 aliphatic carbocycles. The van der Waals surface area contributed by atoms with Gasteiger partial charge in [0.15, 0.2) is 5.75 Å². The number of carbonyl (C=O) groups is 1. The lowest BCUT2D eigenvalue weighted by Crippen LogP contribution is -2.31. The van der Waals surface area contributed by atoms with E-state index in [-0.39, 0.29) is 34.8 Å². The van der Waals surface area contributed by atoms with Gasteiger partial charge in [-0.1, -0.05) is 0 Å². The SMILES string of the molecule is COc1c(OC(C)=O)ccc(/C=N\Nc2nc(Nc3ccc(F)cc3)nc(N3CCCCC3)n2)c1[N+](=O)[O-]. The molecule has 1 saturated heterocycles. The molecule has 3 aromatic rings. The zero-order valence-corrected chi connectivity index (χ0v) is 20.7. The van der Waals surface area contributed by atoms with Crippen LogP contribution >= 0.6 is 0 Å². The van der Waals surface area contributed by atoms with Crippen LogP contribution in [0.3, 0.4) is 0 Å². The van der Waals surface area contributed by atoms with E-state index in [0.717, 1.165) is 32.4 Å². The van der Waals surface area contributed by atoms with Crippen LogP contribution in [-0.2, 0) is 4.79 Å². The summed E-state index contributed by atoms with van der Waals surface area (Å²) >= 11 is 0. The fourth-order valence-electron chi connectivity index (χ4n) is 3.82. The van der Waals surface area contributed by atoms with Gasteiger partial charge in [-0.05, 0) is 55.7 Å². The number of nitro groups is 1. The number of methoxy groups -OCH3 is 1. The Hall–Kier alpha value is -4.88. The molecular weight excluding hydrogens is 499 g/mol. The summed E-state index contributed by atoms with van der Waals surface area (Å²) in [6.07, 6.45) is 4.33. The van der Waals surface area contributed by atoms with Crippen molar-refractivity contribution >= 4 is 41.4 Å². The number of anilines is 4. The highest BCUT2D eigenvalue weighted by Gasteiger charge is 2.25. The molecular formula is C24H25FN8O5. The van der Waals surface area contributed by atoms with Crippen molar-refractivity contribution in [2.24, 2.45) is 5.10 Å². The minimum atomic E-state index is -0.657. The standard InChI is InChI=1S/C24H25FN8O5/c1-15(34)38-19-11-6-16(20(33(35)36)21(19)37-2)14-26-31-23-28-22(27-18-9-7-17(25)8-10-18)29-24(30-23)32-12-4-3-5-13-32/h6-11,14H,3-5,12-13H2,1-2H3,(H2,27,28,29,30,31)/b26-14-. The van der Waals surface area contributed by atoms with Crippen LogP contribution < -0.4 is 25.1 Å². The van der Waals surface area contributed by atoms with Crippen molar-refractivity contribution in [2.45, 2.75) is 26.2 Å². The van der Waals surface area contributed by atoms with Crippen molar-refractivity contribution in [1.82, 2.24) is 15.0 Å². The number of rotatable bonds is 9. The Morgan fingerprint density at radius 3 is 2.47 bits per heavy atom. The Bertz CT molecular complexity index is 1350. The first-order chi connectivity index (χ1) is 18.3. The molecule has 0 radical (unpaired) electrons. The summed E-state index contributed by atoms with van der Waals surface area (Å²) in [6, 6.07) is 8.47. The Balaban J connectivity index is 1.62. The van der Waals surface area contributed by atoms with E-state index in [2.05, 4.69) is 30.8 Å². The number of hydrogen-bond donors (Lipinski definition) is 2. The number of halogens is 1. The smallest absolute Gasteiger partial charge is 0.323 e. The van der Waals surface area contributed by atoms with Gasteiger partial charge in [-0.2, -0.15) is 20.1 Å². The average molecular weight is 525 g/mol. The van der Waals surface area contributed by atoms with Gasteiger partial charge < -0.3 is 19.7 Å². The van der Waals surface area contributed by atoms with E-state index in [0.29, 0.717) is 11.6 Å². The number of nitro benzene ring substituents is 1. The molecule has 1 fully saturated rings. The molecule has 1 aliphatic heterocycles. The molecule has 14 heteroatoms. The Morgan fingerprint density at radius 1 is 1.11 bits per heavy atom. The van der Waals surface area contributed by atoms with Gasteiger partial charge in [0.2, 0.25) is 23.6 Å². The molecule has 2 heterocycles. The molecule has 4 rings (SSSR count). The maximum absolute atomic E-state index is 13.3. The van der Waals surface area contributed by atoms with Crippen LogP contribution in [0.5, 0.6) is 11.5 Å². The van der Waals surface area contributed by atoms with Crippen LogP contribution in [0.1, 0.15) is 31.7 Å². The number of nitrogens with one attached hydrogen (secondary N) is 2. The predicted molar refractivity (Wildman–Crippen MR) is 138 cm³/mol. The molecule has 38 heavy (non-hydrogen) atoms. The van der Waals surface area contributed by atoms with Gasteiger partial charge in [0.05, 0.1) is 23.8 Å². The van der Waals surface area contributed by atoms with Crippen molar-refractivity contribution in [3.8, 4) is 11.5 Å². The monoisotopic (exact) mass is 524 g/mol. The van der Waals surface area contributed by atoms with Crippen molar-refractivity contribution in [2.75, 3.05) is 35.8 Å². The van der Waals surface area contributed by atoms with E-state index in [1.807, 2.05) is 4.90 Å². The highest BCUT2D eigenvalue weighted by molar-refractivity contribution is 5.89. The van der Waals surface area contributed by atoms with E-state index < -0.39 is 16.6 Å². The Kier molecular flexibility index (Phi) is 8.20. The Labute approximate surface area is 216 Å². The molecule has 13 nitrogen and oxygen atoms in total. The molecule has 1 aromatic heterocycles. The quantitative estimate of drug-likeness (QED) is 0.137. The predicted octanol–water partition coefficient (Wildman–Crippen LogP) is 4.03. The number of benzene rings is 2. The van der Waals surface area contributed by atoms with Gasteiger partial charge in [-0.3, -0.25) is 14.9 Å². The number of hydrogen-bond acceptors (Lipinski definition) is 12. The molecule has 0 saturated carbocycles. The van der Waals surface area contributed by atoms with Gasteiger partial charge in [0.25, 0.3) is 0 Å². The first-order valence-corrected chi connectivity index (χ1v) is 11.7. The maximum atomic E-state index is 13.3. The topological polar surface area (TPSA) is 157 Å². The van der Waals surface area contributed by atoms with E-state index in [1.165, 1.54) is 44.5 Å². The largest absolute Gasteiger partial charge is 0.488 e. The summed E-state index contributed by atoms with van der Waals surface area (Å²) in [4.78, 5) is 37.7. The highest BCUT2D eigenvalue weighted by atomic mass is 19.1. The Morgan fingerprint density at radius 2 is 1.82 bits per heavy atom. The number of piperidine rings is 1. The van der Waals surface area contributed by atoms with E-state index in [9.17, 15) is 19.3 Å². The van der Waals surface area contributed by atoms with Crippen molar-refractivity contribution in [3.63, 3.8) is 0 Å². The van der Waals surface area contributed by atoms with E-state index >= 15 is 0 Å². The molecule has 0 atom stereocenters. The summed E-state index contributed by atoms with van der Waals surface area (Å²) < 4.78 is 23.4. The van der Waals surface area contributed by atoms with Crippen LogP contribution in [-0.4, -0.2) is 52.3 Å². The number of aromatic nitrogens is 3. The number of ether oxygens (including phenoxy) is 2.